The molecule has 0 bridgehead atoms. The van der Waals surface area contributed by atoms with Gasteiger partial charge in [0.1, 0.15) is 18.1 Å². The molecule has 2 aromatic heterocycles. The highest BCUT2D eigenvalue weighted by Crippen LogP contribution is 2.20. The van der Waals surface area contributed by atoms with Crippen molar-refractivity contribution in [3.05, 3.63) is 74.4 Å². The minimum Gasteiger partial charge on any atom is -0.486 e. The Bertz CT molecular complexity index is 976. The Kier molecular flexibility index (Phi) is 5.78. The SMILES string of the molecule is CN(Cc1c(Br)cnn1C)C(=O)c1ccc(COc2ccc([N+](=O)[O-])cc2)o1. The maximum absolute atomic E-state index is 12.6. The summed E-state index contributed by atoms with van der Waals surface area (Å²) in [5.74, 6) is 0.864. The molecule has 3 rings (SSSR count). The average Bonchev–Trinajstić information content (AvgIpc) is 3.28. The van der Waals surface area contributed by atoms with E-state index in [1.165, 1.54) is 29.2 Å². The lowest BCUT2D eigenvalue weighted by Crippen LogP contribution is -2.27. The van der Waals surface area contributed by atoms with E-state index in [0.717, 1.165) is 10.2 Å². The zero-order valence-electron chi connectivity index (χ0n) is 15.2. The minimum atomic E-state index is -0.477. The number of nitro benzene ring substituents is 1. The van der Waals surface area contributed by atoms with E-state index >= 15 is 0 Å². The Morgan fingerprint density at radius 3 is 2.64 bits per heavy atom. The van der Waals surface area contributed by atoms with Gasteiger partial charge in [0.05, 0.1) is 27.8 Å². The van der Waals surface area contributed by atoms with Crippen molar-refractivity contribution in [3.63, 3.8) is 0 Å². The van der Waals surface area contributed by atoms with E-state index in [4.69, 9.17) is 9.15 Å². The number of hydrogen-bond acceptors (Lipinski definition) is 6. The van der Waals surface area contributed by atoms with Gasteiger partial charge in [-0.25, -0.2) is 0 Å². The van der Waals surface area contributed by atoms with E-state index in [1.54, 1.807) is 37.1 Å². The molecule has 1 amide bonds. The number of amides is 1. The number of benzene rings is 1. The Morgan fingerprint density at radius 1 is 1.32 bits per heavy atom. The third kappa shape index (κ3) is 4.39. The standard InChI is InChI=1S/C18H17BrN4O5/c1-21(10-16-15(19)9-20-22(16)2)18(24)17-8-7-14(28-17)11-27-13-5-3-12(4-6-13)23(25)26/h3-9H,10-11H2,1-2H3. The predicted octanol–water partition coefficient (Wildman–Crippen LogP) is 3.54. The molecule has 1 aromatic carbocycles. The first-order chi connectivity index (χ1) is 13.3. The molecule has 0 spiro atoms. The molecule has 10 heteroatoms. The van der Waals surface area contributed by atoms with E-state index in [0.29, 0.717) is 18.1 Å². The van der Waals surface area contributed by atoms with Crippen LogP contribution in [-0.2, 0) is 20.2 Å². The molecule has 0 fully saturated rings. The molecule has 0 unspecified atom stereocenters. The van der Waals surface area contributed by atoms with Gasteiger partial charge in [-0.2, -0.15) is 5.10 Å². The van der Waals surface area contributed by atoms with E-state index in [-0.39, 0.29) is 24.0 Å². The third-order valence-corrected chi connectivity index (χ3v) is 4.71. The van der Waals surface area contributed by atoms with Gasteiger partial charge in [-0.15, -0.1) is 0 Å². The molecule has 0 radical (unpaired) electrons. The van der Waals surface area contributed by atoms with Gasteiger partial charge in [0.2, 0.25) is 0 Å². The number of non-ortho nitro benzene ring substituents is 1. The van der Waals surface area contributed by atoms with Gasteiger partial charge in [0.25, 0.3) is 11.6 Å². The third-order valence-electron chi connectivity index (χ3n) is 4.05. The van der Waals surface area contributed by atoms with Crippen LogP contribution in [0.2, 0.25) is 0 Å². The van der Waals surface area contributed by atoms with E-state index in [2.05, 4.69) is 21.0 Å². The number of aryl methyl sites for hydroxylation is 1. The Hall–Kier alpha value is -3.14. The summed E-state index contributed by atoms with van der Waals surface area (Å²) >= 11 is 3.41. The highest BCUT2D eigenvalue weighted by atomic mass is 79.9. The van der Waals surface area contributed by atoms with Crippen molar-refractivity contribution in [2.45, 2.75) is 13.2 Å². The maximum atomic E-state index is 12.6. The molecular weight excluding hydrogens is 432 g/mol. The number of furan rings is 1. The number of carbonyl (C=O) groups is 1. The summed E-state index contributed by atoms with van der Waals surface area (Å²) in [5, 5.41) is 14.8. The van der Waals surface area contributed by atoms with Gasteiger partial charge in [-0.1, -0.05) is 0 Å². The first-order valence-corrected chi connectivity index (χ1v) is 9.02. The van der Waals surface area contributed by atoms with Gasteiger partial charge >= 0.3 is 0 Å². The lowest BCUT2D eigenvalue weighted by Gasteiger charge is -2.16. The number of hydrogen-bond donors (Lipinski definition) is 0. The van der Waals surface area contributed by atoms with E-state index in [1.807, 2.05) is 0 Å². The molecule has 0 N–H and O–H groups in total. The largest absolute Gasteiger partial charge is 0.486 e. The molecule has 0 aliphatic carbocycles. The van der Waals surface area contributed by atoms with Gasteiger partial charge in [0, 0.05) is 26.2 Å². The number of nitrogens with zero attached hydrogens (tertiary/aromatic N) is 4. The van der Waals surface area contributed by atoms with Crippen LogP contribution in [0.1, 0.15) is 22.0 Å². The van der Waals surface area contributed by atoms with Crippen LogP contribution < -0.4 is 4.74 Å². The summed E-state index contributed by atoms with van der Waals surface area (Å²) in [7, 11) is 3.48. The highest BCUT2D eigenvalue weighted by Gasteiger charge is 2.19. The topological polar surface area (TPSA) is 104 Å². The second-order valence-electron chi connectivity index (χ2n) is 6.03. The smallest absolute Gasteiger partial charge is 0.289 e. The summed E-state index contributed by atoms with van der Waals surface area (Å²) < 4.78 is 13.6. The number of ether oxygens (including phenoxy) is 1. The molecule has 28 heavy (non-hydrogen) atoms. The summed E-state index contributed by atoms with van der Waals surface area (Å²) in [6.07, 6.45) is 1.67. The van der Waals surface area contributed by atoms with Crippen LogP contribution in [-0.4, -0.2) is 32.6 Å². The van der Waals surface area contributed by atoms with Crippen LogP contribution in [0.3, 0.4) is 0 Å². The molecule has 2 heterocycles. The molecule has 146 valence electrons. The fraction of sp³-hybridized carbons (Fsp3) is 0.222. The lowest BCUT2D eigenvalue weighted by atomic mass is 10.3. The second-order valence-corrected chi connectivity index (χ2v) is 6.88. The lowest BCUT2D eigenvalue weighted by molar-refractivity contribution is -0.384. The molecule has 0 aliphatic heterocycles. The number of rotatable bonds is 7. The molecule has 3 aromatic rings. The molecule has 0 saturated heterocycles. The Labute approximate surface area is 168 Å². The van der Waals surface area contributed by atoms with Crippen molar-refractivity contribution in [1.82, 2.24) is 14.7 Å². The molecule has 0 saturated carbocycles. The van der Waals surface area contributed by atoms with Crippen LogP contribution in [0, 0.1) is 10.1 Å². The normalized spacial score (nSPS) is 10.7. The highest BCUT2D eigenvalue weighted by molar-refractivity contribution is 9.10. The van der Waals surface area contributed by atoms with Crippen LogP contribution >= 0.6 is 15.9 Å². The van der Waals surface area contributed by atoms with Crippen LogP contribution in [0.5, 0.6) is 5.75 Å². The zero-order valence-corrected chi connectivity index (χ0v) is 16.7. The fourth-order valence-electron chi connectivity index (χ4n) is 2.49. The predicted molar refractivity (Wildman–Crippen MR) is 103 cm³/mol. The van der Waals surface area contributed by atoms with Gasteiger partial charge in [0.15, 0.2) is 5.76 Å². The molecule has 0 atom stereocenters. The maximum Gasteiger partial charge on any atom is 0.289 e. The number of carbonyl (C=O) groups excluding carboxylic acids is 1. The first kappa shape index (κ1) is 19.6. The molecule has 0 aliphatic rings. The average molecular weight is 449 g/mol. The van der Waals surface area contributed by atoms with Crippen molar-refractivity contribution in [2.24, 2.45) is 7.05 Å². The second kappa shape index (κ2) is 8.26. The summed E-state index contributed by atoms with van der Waals surface area (Å²) in [4.78, 5) is 24.3. The van der Waals surface area contributed by atoms with Crippen molar-refractivity contribution in [3.8, 4) is 5.75 Å². The van der Waals surface area contributed by atoms with Crippen molar-refractivity contribution >= 4 is 27.5 Å². The number of aromatic nitrogens is 2. The van der Waals surface area contributed by atoms with Crippen LogP contribution in [0.4, 0.5) is 5.69 Å². The van der Waals surface area contributed by atoms with E-state index < -0.39 is 4.92 Å². The van der Waals surface area contributed by atoms with E-state index in [9.17, 15) is 14.9 Å². The zero-order chi connectivity index (χ0) is 20.3. The molecule has 9 nitrogen and oxygen atoms in total. The van der Waals surface area contributed by atoms with Gasteiger partial charge < -0.3 is 14.1 Å². The fourth-order valence-corrected chi connectivity index (χ4v) is 2.96. The van der Waals surface area contributed by atoms with Crippen molar-refractivity contribution < 1.29 is 18.9 Å². The summed E-state index contributed by atoms with van der Waals surface area (Å²) in [6, 6.07) is 8.98. The van der Waals surface area contributed by atoms with Crippen molar-refractivity contribution in [1.29, 1.82) is 0 Å². The quantitative estimate of drug-likeness (QED) is 0.404. The van der Waals surface area contributed by atoms with Crippen LogP contribution in [0.25, 0.3) is 0 Å². The summed E-state index contributed by atoms with van der Waals surface area (Å²) in [6.45, 7) is 0.466. The van der Waals surface area contributed by atoms with Crippen LogP contribution in [0.15, 0.2) is 51.5 Å². The first-order valence-electron chi connectivity index (χ1n) is 8.23. The van der Waals surface area contributed by atoms with Gasteiger partial charge in [-0.3, -0.25) is 19.6 Å². The number of nitro groups is 1. The van der Waals surface area contributed by atoms with Crippen molar-refractivity contribution in [2.75, 3.05) is 7.05 Å². The Morgan fingerprint density at radius 2 is 2.04 bits per heavy atom. The summed E-state index contributed by atoms with van der Waals surface area (Å²) in [5.41, 5.74) is 0.852. The molecular formula is C18H17BrN4O5. The minimum absolute atomic E-state index is 0.0127. The monoisotopic (exact) mass is 448 g/mol. The number of halogens is 1. The van der Waals surface area contributed by atoms with Gasteiger partial charge in [-0.05, 0) is 40.2 Å². The Balaban J connectivity index is 1.59.